The van der Waals surface area contributed by atoms with E-state index in [-0.39, 0.29) is 18.4 Å². The fourth-order valence-corrected chi connectivity index (χ4v) is 2.67. The van der Waals surface area contributed by atoms with E-state index in [2.05, 4.69) is 5.32 Å². The Morgan fingerprint density at radius 3 is 2.46 bits per heavy atom. The smallest absolute Gasteiger partial charge is 0.262 e. The monoisotopic (exact) mass is 357 g/mol. The number of anilines is 1. The molecule has 6 nitrogen and oxygen atoms in total. The maximum Gasteiger partial charge on any atom is 0.262 e. The third-order valence-electron chi connectivity index (χ3n) is 4.05. The summed E-state index contributed by atoms with van der Waals surface area (Å²) in [6.45, 7) is 4.59. The van der Waals surface area contributed by atoms with Gasteiger partial charge in [-0.25, -0.2) is 0 Å². The normalized spacial score (nSPS) is 14.0. The lowest BCUT2D eigenvalue weighted by molar-refractivity contribution is -0.118. The van der Waals surface area contributed by atoms with Crippen molar-refractivity contribution >= 4 is 11.6 Å². The number of hydrogen-bond donors (Lipinski definition) is 2. The molecule has 1 atom stereocenters. The molecule has 6 heteroatoms. The SMILES string of the molecule is CC(C)[C@@H](O)c1cc2c(cc1NC(=O)COc1ccccc1)OCCO2. The summed E-state index contributed by atoms with van der Waals surface area (Å²) < 4.78 is 16.6. The van der Waals surface area contributed by atoms with Gasteiger partial charge in [0.2, 0.25) is 0 Å². The maximum atomic E-state index is 12.3. The number of carbonyl (C=O) groups excluding carboxylic acids is 1. The minimum Gasteiger partial charge on any atom is -0.486 e. The fourth-order valence-electron chi connectivity index (χ4n) is 2.67. The van der Waals surface area contributed by atoms with Crippen molar-refractivity contribution in [2.45, 2.75) is 20.0 Å². The first-order chi connectivity index (χ1) is 12.5. The number of fused-ring (bicyclic) bond motifs is 1. The summed E-state index contributed by atoms with van der Waals surface area (Å²) in [5.41, 5.74) is 1.09. The summed E-state index contributed by atoms with van der Waals surface area (Å²) in [5.74, 6) is 1.41. The highest BCUT2D eigenvalue weighted by molar-refractivity contribution is 5.93. The second kappa shape index (κ2) is 8.10. The van der Waals surface area contributed by atoms with Gasteiger partial charge in [-0.3, -0.25) is 4.79 Å². The number of para-hydroxylation sites is 1. The predicted molar refractivity (Wildman–Crippen MR) is 97.8 cm³/mol. The molecule has 1 amide bonds. The summed E-state index contributed by atoms with van der Waals surface area (Å²) in [4.78, 5) is 12.3. The number of aliphatic hydroxyl groups is 1. The Labute approximate surface area is 152 Å². The van der Waals surface area contributed by atoms with Crippen LogP contribution in [0, 0.1) is 5.92 Å². The van der Waals surface area contributed by atoms with Crippen LogP contribution in [0.1, 0.15) is 25.5 Å². The molecule has 2 aromatic rings. The van der Waals surface area contributed by atoms with Crippen LogP contribution < -0.4 is 19.5 Å². The first-order valence-electron chi connectivity index (χ1n) is 8.64. The molecule has 2 N–H and O–H groups in total. The fraction of sp³-hybridized carbons (Fsp3) is 0.350. The molecule has 26 heavy (non-hydrogen) atoms. The van der Waals surface area contributed by atoms with Crippen molar-refractivity contribution in [2.75, 3.05) is 25.1 Å². The third kappa shape index (κ3) is 4.26. The molecule has 0 unspecified atom stereocenters. The Balaban J connectivity index is 1.77. The van der Waals surface area contributed by atoms with Gasteiger partial charge in [0, 0.05) is 11.6 Å². The number of nitrogens with one attached hydrogen (secondary N) is 1. The zero-order valence-corrected chi connectivity index (χ0v) is 14.9. The molecule has 0 spiro atoms. The van der Waals surface area contributed by atoms with Gasteiger partial charge in [0.05, 0.1) is 11.8 Å². The van der Waals surface area contributed by atoms with Crippen LogP contribution in [0.3, 0.4) is 0 Å². The van der Waals surface area contributed by atoms with Crippen molar-refractivity contribution in [3.05, 3.63) is 48.0 Å². The molecule has 0 saturated heterocycles. The average Bonchev–Trinajstić information content (AvgIpc) is 2.66. The molecule has 0 fully saturated rings. The first kappa shape index (κ1) is 18.1. The lowest BCUT2D eigenvalue weighted by Gasteiger charge is -2.24. The summed E-state index contributed by atoms with van der Waals surface area (Å²) in [5, 5.41) is 13.3. The van der Waals surface area contributed by atoms with E-state index < -0.39 is 6.10 Å². The third-order valence-corrected chi connectivity index (χ3v) is 4.05. The van der Waals surface area contributed by atoms with Crippen molar-refractivity contribution in [3.63, 3.8) is 0 Å². The van der Waals surface area contributed by atoms with Gasteiger partial charge in [-0.1, -0.05) is 32.0 Å². The molecular formula is C20H23NO5. The van der Waals surface area contributed by atoms with E-state index in [4.69, 9.17) is 14.2 Å². The molecule has 1 aliphatic rings. The highest BCUT2D eigenvalue weighted by Crippen LogP contribution is 2.39. The molecule has 0 bridgehead atoms. The Hall–Kier alpha value is -2.73. The Bertz CT molecular complexity index is 760. The highest BCUT2D eigenvalue weighted by atomic mass is 16.6. The Morgan fingerprint density at radius 1 is 1.15 bits per heavy atom. The number of carbonyl (C=O) groups is 1. The van der Waals surface area contributed by atoms with E-state index in [1.54, 1.807) is 24.3 Å². The second-order valence-electron chi connectivity index (χ2n) is 6.42. The molecular weight excluding hydrogens is 334 g/mol. The summed E-state index contributed by atoms with van der Waals surface area (Å²) >= 11 is 0. The van der Waals surface area contributed by atoms with Crippen molar-refractivity contribution in [1.29, 1.82) is 0 Å². The van der Waals surface area contributed by atoms with Crippen LogP contribution in [0.5, 0.6) is 17.2 Å². The van der Waals surface area contributed by atoms with Crippen LogP contribution in [-0.4, -0.2) is 30.8 Å². The van der Waals surface area contributed by atoms with E-state index >= 15 is 0 Å². The maximum absolute atomic E-state index is 12.3. The van der Waals surface area contributed by atoms with Crippen molar-refractivity contribution in [3.8, 4) is 17.2 Å². The van der Waals surface area contributed by atoms with Gasteiger partial charge in [0.1, 0.15) is 19.0 Å². The van der Waals surface area contributed by atoms with Gasteiger partial charge in [-0.15, -0.1) is 0 Å². The lowest BCUT2D eigenvalue weighted by atomic mass is 9.96. The molecule has 1 heterocycles. The van der Waals surface area contributed by atoms with Gasteiger partial charge in [-0.2, -0.15) is 0 Å². The molecule has 2 aromatic carbocycles. The molecule has 138 valence electrons. The molecule has 0 saturated carbocycles. The van der Waals surface area contributed by atoms with Gasteiger partial charge in [0.15, 0.2) is 18.1 Å². The molecule has 0 aromatic heterocycles. The number of ether oxygens (including phenoxy) is 3. The molecule has 0 radical (unpaired) electrons. The van der Waals surface area contributed by atoms with E-state index in [0.29, 0.717) is 41.7 Å². The molecule has 0 aliphatic carbocycles. The van der Waals surface area contributed by atoms with E-state index in [1.807, 2.05) is 32.0 Å². The van der Waals surface area contributed by atoms with Crippen LogP contribution in [0.4, 0.5) is 5.69 Å². The first-order valence-corrected chi connectivity index (χ1v) is 8.64. The summed E-state index contributed by atoms with van der Waals surface area (Å²) in [7, 11) is 0. The van der Waals surface area contributed by atoms with Crippen molar-refractivity contribution in [1.82, 2.24) is 0 Å². The zero-order chi connectivity index (χ0) is 18.5. The Morgan fingerprint density at radius 2 is 1.81 bits per heavy atom. The molecule has 3 rings (SSSR count). The van der Waals surface area contributed by atoms with E-state index in [9.17, 15) is 9.90 Å². The van der Waals surface area contributed by atoms with Gasteiger partial charge in [0.25, 0.3) is 5.91 Å². The van der Waals surface area contributed by atoms with Gasteiger partial charge >= 0.3 is 0 Å². The van der Waals surface area contributed by atoms with Gasteiger partial charge in [-0.05, 0) is 24.1 Å². The highest BCUT2D eigenvalue weighted by Gasteiger charge is 2.23. The number of rotatable bonds is 6. The van der Waals surface area contributed by atoms with Crippen LogP contribution >= 0.6 is 0 Å². The minimum absolute atomic E-state index is 0.0196. The Kier molecular flexibility index (Phi) is 5.63. The van der Waals surface area contributed by atoms with E-state index in [0.717, 1.165) is 0 Å². The summed E-state index contributed by atoms with van der Waals surface area (Å²) in [6.07, 6.45) is -0.740. The largest absolute Gasteiger partial charge is 0.486 e. The van der Waals surface area contributed by atoms with Crippen LogP contribution in [0.2, 0.25) is 0 Å². The standard InChI is InChI=1S/C20H23NO5/c1-13(2)20(23)15-10-17-18(25-9-8-24-17)11-16(15)21-19(22)12-26-14-6-4-3-5-7-14/h3-7,10-11,13,20,23H,8-9,12H2,1-2H3,(H,21,22)/t20-/m1/s1. The van der Waals surface area contributed by atoms with Crippen LogP contribution in [0.25, 0.3) is 0 Å². The quantitative estimate of drug-likeness (QED) is 0.830. The number of aliphatic hydroxyl groups excluding tert-OH is 1. The zero-order valence-electron chi connectivity index (χ0n) is 14.9. The number of benzene rings is 2. The number of amides is 1. The minimum atomic E-state index is -0.740. The second-order valence-corrected chi connectivity index (χ2v) is 6.42. The molecule has 1 aliphatic heterocycles. The summed E-state index contributed by atoms with van der Waals surface area (Å²) in [6, 6.07) is 12.5. The topological polar surface area (TPSA) is 77.0 Å². The van der Waals surface area contributed by atoms with Gasteiger partial charge < -0.3 is 24.6 Å². The lowest BCUT2D eigenvalue weighted by Crippen LogP contribution is -2.23. The van der Waals surface area contributed by atoms with Crippen molar-refractivity contribution in [2.24, 2.45) is 5.92 Å². The van der Waals surface area contributed by atoms with Crippen LogP contribution in [-0.2, 0) is 4.79 Å². The predicted octanol–water partition coefficient (Wildman–Crippen LogP) is 3.16. The van der Waals surface area contributed by atoms with E-state index in [1.165, 1.54) is 0 Å². The van der Waals surface area contributed by atoms with Crippen LogP contribution in [0.15, 0.2) is 42.5 Å². The average molecular weight is 357 g/mol. The van der Waals surface area contributed by atoms with Crippen molar-refractivity contribution < 1.29 is 24.1 Å². The number of hydrogen-bond acceptors (Lipinski definition) is 5.